The Hall–Kier alpha value is -0.940. The fraction of sp³-hybridized carbons (Fsp3) is 0.667. The van der Waals surface area contributed by atoms with Gasteiger partial charge in [-0.2, -0.15) is 0 Å². The lowest BCUT2D eigenvalue weighted by Crippen LogP contribution is -2.53. The van der Waals surface area contributed by atoms with Crippen LogP contribution in [0.2, 0.25) is 0 Å². The molecule has 0 aliphatic heterocycles. The molecule has 1 aromatic rings. The highest BCUT2D eigenvalue weighted by Crippen LogP contribution is 2.26. The van der Waals surface area contributed by atoms with E-state index < -0.39 is 5.54 Å². The summed E-state index contributed by atoms with van der Waals surface area (Å²) in [6.45, 7) is 10.2. The lowest BCUT2D eigenvalue weighted by molar-refractivity contribution is -0.150. The Balaban J connectivity index is 2.60. The molecule has 1 unspecified atom stereocenters. The Labute approximate surface area is 125 Å². The molecule has 0 saturated carbocycles. The van der Waals surface area contributed by atoms with E-state index in [1.807, 2.05) is 40.7 Å². The highest BCUT2D eigenvalue weighted by molar-refractivity contribution is 7.99. The van der Waals surface area contributed by atoms with Crippen LogP contribution in [0.25, 0.3) is 0 Å². The quantitative estimate of drug-likeness (QED) is 0.589. The number of carbonyl (C=O) groups excluding carboxylic acids is 1. The van der Waals surface area contributed by atoms with Crippen molar-refractivity contribution in [1.29, 1.82) is 0 Å². The molecule has 0 spiro atoms. The second-order valence-corrected chi connectivity index (χ2v) is 6.43. The van der Waals surface area contributed by atoms with Crippen LogP contribution in [0, 0.1) is 6.92 Å². The van der Waals surface area contributed by atoms with E-state index >= 15 is 0 Å². The van der Waals surface area contributed by atoms with Crippen molar-refractivity contribution < 1.29 is 13.9 Å². The third kappa shape index (κ3) is 4.87. The first-order chi connectivity index (χ1) is 9.39. The first-order valence-electron chi connectivity index (χ1n) is 7.01. The molecule has 0 aliphatic carbocycles. The minimum atomic E-state index is -0.644. The normalized spacial score (nSPS) is 14.3. The third-order valence-corrected chi connectivity index (χ3v) is 4.15. The van der Waals surface area contributed by atoms with Gasteiger partial charge in [-0.05, 0) is 47.1 Å². The zero-order valence-corrected chi connectivity index (χ0v) is 13.8. The van der Waals surface area contributed by atoms with Gasteiger partial charge in [0.2, 0.25) is 0 Å². The fourth-order valence-electron chi connectivity index (χ4n) is 2.05. The van der Waals surface area contributed by atoms with Crippen LogP contribution < -0.4 is 5.32 Å². The molecule has 1 rings (SSSR count). The molecule has 5 heteroatoms. The Bertz CT molecular complexity index is 431. The number of nitrogens with one attached hydrogen (secondary N) is 1. The highest BCUT2D eigenvalue weighted by Gasteiger charge is 2.34. The van der Waals surface area contributed by atoms with E-state index in [-0.39, 0.29) is 12.0 Å². The van der Waals surface area contributed by atoms with E-state index in [0.717, 1.165) is 16.4 Å². The van der Waals surface area contributed by atoms with Crippen molar-refractivity contribution in [2.45, 2.75) is 57.5 Å². The maximum atomic E-state index is 12.1. The number of esters is 1. The molecule has 1 heterocycles. The number of aryl methyl sites for hydroxylation is 1. The second kappa shape index (κ2) is 7.74. The number of hydrogen-bond acceptors (Lipinski definition) is 5. The van der Waals surface area contributed by atoms with Gasteiger partial charge in [0.05, 0.1) is 12.9 Å². The molecule has 0 amide bonds. The summed E-state index contributed by atoms with van der Waals surface area (Å²) in [6.07, 6.45) is 2.40. The zero-order valence-electron chi connectivity index (χ0n) is 13.0. The number of rotatable bonds is 8. The van der Waals surface area contributed by atoms with E-state index in [4.69, 9.17) is 9.15 Å². The van der Waals surface area contributed by atoms with Gasteiger partial charge in [0.1, 0.15) is 11.3 Å². The van der Waals surface area contributed by atoms with Crippen LogP contribution in [0.1, 0.15) is 39.9 Å². The topological polar surface area (TPSA) is 51.5 Å². The predicted molar refractivity (Wildman–Crippen MR) is 82.1 cm³/mol. The van der Waals surface area contributed by atoms with Crippen LogP contribution in [-0.4, -0.2) is 29.9 Å². The lowest BCUT2D eigenvalue weighted by Gasteiger charge is -2.30. The highest BCUT2D eigenvalue weighted by atomic mass is 32.2. The Kier molecular flexibility index (Phi) is 6.62. The van der Waals surface area contributed by atoms with Crippen LogP contribution in [0.4, 0.5) is 0 Å². The van der Waals surface area contributed by atoms with Crippen molar-refractivity contribution in [2.75, 3.05) is 12.4 Å². The fourth-order valence-corrected chi connectivity index (χ4v) is 3.18. The van der Waals surface area contributed by atoms with Crippen LogP contribution in [0.3, 0.4) is 0 Å². The van der Waals surface area contributed by atoms with Gasteiger partial charge >= 0.3 is 5.97 Å². The van der Waals surface area contributed by atoms with Gasteiger partial charge < -0.3 is 9.15 Å². The summed E-state index contributed by atoms with van der Waals surface area (Å²) < 4.78 is 10.5. The van der Waals surface area contributed by atoms with E-state index in [2.05, 4.69) is 5.32 Å². The summed E-state index contributed by atoms with van der Waals surface area (Å²) in [4.78, 5) is 13.3. The number of carbonyl (C=O) groups is 1. The second-order valence-electron chi connectivity index (χ2n) is 5.29. The molecular formula is C15H25NO3S. The monoisotopic (exact) mass is 299 g/mol. The predicted octanol–water partition coefficient (Wildman–Crippen LogP) is 3.39. The van der Waals surface area contributed by atoms with E-state index in [0.29, 0.717) is 13.0 Å². The van der Waals surface area contributed by atoms with Gasteiger partial charge in [-0.15, -0.1) is 11.8 Å². The number of furan rings is 1. The number of thioether (sulfide) groups is 1. The Morgan fingerprint density at radius 1 is 1.55 bits per heavy atom. The van der Waals surface area contributed by atoms with E-state index in [1.54, 1.807) is 18.0 Å². The molecule has 1 aromatic heterocycles. The maximum Gasteiger partial charge on any atom is 0.326 e. The third-order valence-electron chi connectivity index (χ3n) is 3.00. The van der Waals surface area contributed by atoms with Crippen molar-refractivity contribution in [3.8, 4) is 0 Å². The summed E-state index contributed by atoms with van der Waals surface area (Å²) in [7, 11) is 0. The SMILES string of the molecule is CCOC(=O)C(C)(CCSc1ccoc1C)NC(C)C. The summed E-state index contributed by atoms with van der Waals surface area (Å²) in [5.74, 6) is 1.57. The first kappa shape index (κ1) is 17.1. The van der Waals surface area contributed by atoms with Crippen molar-refractivity contribution in [2.24, 2.45) is 0 Å². The largest absolute Gasteiger partial charge is 0.468 e. The van der Waals surface area contributed by atoms with Gasteiger partial charge in [0.25, 0.3) is 0 Å². The van der Waals surface area contributed by atoms with E-state index in [9.17, 15) is 4.79 Å². The van der Waals surface area contributed by atoms with Crippen LogP contribution >= 0.6 is 11.8 Å². The molecule has 0 aromatic carbocycles. The molecule has 4 nitrogen and oxygen atoms in total. The van der Waals surface area contributed by atoms with Crippen molar-refractivity contribution in [3.63, 3.8) is 0 Å². The van der Waals surface area contributed by atoms with Crippen molar-refractivity contribution in [3.05, 3.63) is 18.1 Å². The minimum absolute atomic E-state index is 0.182. The molecule has 0 saturated heterocycles. The van der Waals surface area contributed by atoms with Crippen molar-refractivity contribution in [1.82, 2.24) is 5.32 Å². The molecular weight excluding hydrogens is 274 g/mol. The molecule has 1 atom stereocenters. The van der Waals surface area contributed by atoms with Gasteiger partial charge in [0, 0.05) is 16.7 Å². The number of ether oxygens (including phenoxy) is 1. The average molecular weight is 299 g/mol. The van der Waals surface area contributed by atoms with Gasteiger partial charge in [-0.1, -0.05) is 0 Å². The molecule has 0 aliphatic rings. The average Bonchev–Trinajstić information content (AvgIpc) is 2.74. The molecule has 114 valence electrons. The molecule has 20 heavy (non-hydrogen) atoms. The summed E-state index contributed by atoms with van der Waals surface area (Å²) in [5.41, 5.74) is -0.644. The molecule has 0 radical (unpaired) electrons. The van der Waals surface area contributed by atoms with Crippen LogP contribution in [0.15, 0.2) is 21.6 Å². The van der Waals surface area contributed by atoms with Gasteiger partial charge in [-0.3, -0.25) is 10.1 Å². The van der Waals surface area contributed by atoms with Gasteiger partial charge in [-0.25, -0.2) is 0 Å². The molecule has 0 bridgehead atoms. The van der Waals surface area contributed by atoms with Crippen molar-refractivity contribution >= 4 is 17.7 Å². The maximum absolute atomic E-state index is 12.1. The number of hydrogen-bond donors (Lipinski definition) is 1. The summed E-state index contributed by atoms with van der Waals surface area (Å²) >= 11 is 1.70. The van der Waals surface area contributed by atoms with Crippen LogP contribution in [-0.2, 0) is 9.53 Å². The smallest absolute Gasteiger partial charge is 0.326 e. The summed E-state index contributed by atoms with van der Waals surface area (Å²) in [5, 5.41) is 3.32. The first-order valence-corrected chi connectivity index (χ1v) is 7.99. The standard InChI is InChI=1S/C15H25NO3S/c1-6-18-14(17)15(5,16-11(2)3)8-10-20-13-7-9-19-12(13)4/h7,9,11,16H,6,8,10H2,1-5H3. The summed E-state index contributed by atoms with van der Waals surface area (Å²) in [6, 6.07) is 2.18. The zero-order chi connectivity index (χ0) is 15.2. The lowest BCUT2D eigenvalue weighted by atomic mass is 9.98. The molecule has 1 N–H and O–H groups in total. The Morgan fingerprint density at radius 2 is 2.25 bits per heavy atom. The van der Waals surface area contributed by atoms with Gasteiger partial charge in [0.15, 0.2) is 0 Å². The van der Waals surface area contributed by atoms with Crippen LogP contribution in [0.5, 0.6) is 0 Å². The Morgan fingerprint density at radius 3 is 2.75 bits per heavy atom. The minimum Gasteiger partial charge on any atom is -0.468 e. The molecule has 0 fully saturated rings. The van der Waals surface area contributed by atoms with E-state index in [1.165, 1.54) is 0 Å².